The van der Waals surface area contributed by atoms with E-state index in [0.717, 1.165) is 5.56 Å². The van der Waals surface area contributed by atoms with E-state index in [4.69, 9.17) is 10.7 Å². The van der Waals surface area contributed by atoms with Crippen LogP contribution in [-0.4, -0.2) is 19.4 Å². The predicted molar refractivity (Wildman–Crippen MR) is 56.8 cm³/mol. The molecule has 4 N–H and O–H groups in total. The minimum Gasteiger partial charge on any atom is -0.412 e. The fourth-order valence-electron chi connectivity index (χ4n) is 0.766. The first-order chi connectivity index (χ1) is 5.54. The zero-order valence-corrected chi connectivity index (χ0v) is 8.77. The van der Waals surface area contributed by atoms with Crippen molar-refractivity contribution >= 4 is 25.8 Å². The summed E-state index contributed by atoms with van der Waals surface area (Å²) in [7, 11) is 1.51. The van der Waals surface area contributed by atoms with Crippen molar-refractivity contribution in [1.82, 2.24) is 0 Å². The lowest BCUT2D eigenvalue weighted by atomic mass is 10.2. The quantitative estimate of drug-likeness (QED) is 0.706. The highest BCUT2D eigenvalue weighted by molar-refractivity contribution is 8.13. The van der Waals surface area contributed by atoms with Gasteiger partial charge in [0.15, 0.2) is 0 Å². The second-order valence-electron chi connectivity index (χ2n) is 2.21. The molecule has 0 radical (unpaired) electrons. The molecule has 0 bridgehead atoms. The highest BCUT2D eigenvalue weighted by atomic mass is 35.7. The fraction of sp³-hybridized carbons (Fsp3) is 0. The van der Waals surface area contributed by atoms with Crippen molar-refractivity contribution in [2.75, 3.05) is 0 Å². The third-order valence-corrected chi connectivity index (χ3v) is 2.77. The molecule has 0 amide bonds. The molecule has 0 fully saturated rings. The van der Waals surface area contributed by atoms with Gasteiger partial charge in [-0.1, -0.05) is 24.8 Å². The number of hydrogen-bond acceptors (Lipinski definition) is 2. The van der Waals surface area contributed by atoms with E-state index in [0.29, 0.717) is 0 Å². The SMILES string of the molecule is C=Cc1ccc(S(=O)(=O)Cl)cc1.O.O. The van der Waals surface area contributed by atoms with Gasteiger partial charge in [0.05, 0.1) is 4.90 Å². The topological polar surface area (TPSA) is 97.1 Å². The maximum atomic E-state index is 10.8. The van der Waals surface area contributed by atoms with Crippen molar-refractivity contribution in [3.8, 4) is 0 Å². The third-order valence-electron chi connectivity index (χ3n) is 1.40. The van der Waals surface area contributed by atoms with Gasteiger partial charge in [0.2, 0.25) is 0 Å². The predicted octanol–water partition coefficient (Wildman–Crippen LogP) is 0.608. The van der Waals surface area contributed by atoms with Gasteiger partial charge in [-0.2, -0.15) is 0 Å². The molecular weight excluding hydrogens is 228 g/mol. The van der Waals surface area contributed by atoms with Crippen LogP contribution in [0.5, 0.6) is 0 Å². The third kappa shape index (κ3) is 3.89. The van der Waals surface area contributed by atoms with Crippen molar-refractivity contribution in [2.24, 2.45) is 0 Å². The van der Waals surface area contributed by atoms with E-state index < -0.39 is 9.05 Å². The van der Waals surface area contributed by atoms with Gasteiger partial charge in [-0.3, -0.25) is 0 Å². The van der Waals surface area contributed by atoms with Crippen molar-refractivity contribution in [3.63, 3.8) is 0 Å². The van der Waals surface area contributed by atoms with E-state index in [1.165, 1.54) is 12.1 Å². The number of benzene rings is 1. The fourth-order valence-corrected chi connectivity index (χ4v) is 1.54. The first-order valence-corrected chi connectivity index (χ1v) is 5.52. The molecular formula is C8H11ClO4S. The summed E-state index contributed by atoms with van der Waals surface area (Å²) in [6.45, 7) is 3.54. The van der Waals surface area contributed by atoms with Gasteiger partial charge in [0, 0.05) is 10.7 Å². The van der Waals surface area contributed by atoms with Crippen LogP contribution in [0, 0.1) is 0 Å². The second kappa shape index (κ2) is 5.77. The molecule has 1 rings (SSSR count). The molecule has 14 heavy (non-hydrogen) atoms. The lowest BCUT2D eigenvalue weighted by Crippen LogP contribution is -1.89. The van der Waals surface area contributed by atoms with Crippen molar-refractivity contribution < 1.29 is 19.4 Å². The normalized spacial score (nSPS) is 9.50. The van der Waals surface area contributed by atoms with Gasteiger partial charge < -0.3 is 11.0 Å². The summed E-state index contributed by atoms with van der Waals surface area (Å²) >= 11 is 0. The Bertz CT molecular complexity index is 382. The molecule has 0 aliphatic carbocycles. The average molecular weight is 239 g/mol. The summed E-state index contributed by atoms with van der Waals surface area (Å²) in [5.41, 5.74) is 0.860. The average Bonchev–Trinajstić information content (AvgIpc) is 2.03. The van der Waals surface area contributed by atoms with Crippen LogP contribution in [-0.2, 0) is 9.05 Å². The van der Waals surface area contributed by atoms with Crippen LogP contribution in [0.2, 0.25) is 0 Å². The molecule has 0 aromatic heterocycles. The Balaban J connectivity index is 0. The van der Waals surface area contributed by atoms with Crippen LogP contribution in [0.4, 0.5) is 0 Å². The number of rotatable bonds is 2. The summed E-state index contributed by atoms with van der Waals surface area (Å²) in [5, 5.41) is 0. The van der Waals surface area contributed by atoms with E-state index in [1.54, 1.807) is 18.2 Å². The van der Waals surface area contributed by atoms with Gasteiger partial charge in [-0.15, -0.1) is 0 Å². The Morgan fingerprint density at radius 2 is 1.57 bits per heavy atom. The Labute approximate surface area is 86.9 Å². The Morgan fingerprint density at radius 1 is 1.14 bits per heavy atom. The lowest BCUT2D eigenvalue weighted by Gasteiger charge is -1.95. The Hall–Kier alpha value is -0.880. The summed E-state index contributed by atoms with van der Waals surface area (Å²) < 4.78 is 21.5. The van der Waals surface area contributed by atoms with E-state index >= 15 is 0 Å². The van der Waals surface area contributed by atoms with Crippen LogP contribution < -0.4 is 0 Å². The van der Waals surface area contributed by atoms with E-state index in [1.807, 2.05) is 0 Å². The van der Waals surface area contributed by atoms with Crippen molar-refractivity contribution in [2.45, 2.75) is 4.90 Å². The van der Waals surface area contributed by atoms with E-state index in [-0.39, 0.29) is 15.8 Å². The van der Waals surface area contributed by atoms with Gasteiger partial charge in [-0.05, 0) is 17.7 Å². The molecule has 4 nitrogen and oxygen atoms in total. The van der Waals surface area contributed by atoms with E-state index in [9.17, 15) is 8.42 Å². The van der Waals surface area contributed by atoms with Crippen LogP contribution in [0.15, 0.2) is 35.7 Å². The van der Waals surface area contributed by atoms with E-state index in [2.05, 4.69) is 6.58 Å². The molecule has 0 atom stereocenters. The second-order valence-corrected chi connectivity index (χ2v) is 4.78. The molecule has 1 aromatic carbocycles. The van der Waals surface area contributed by atoms with Crippen molar-refractivity contribution in [1.29, 1.82) is 0 Å². The molecule has 0 unspecified atom stereocenters. The molecule has 0 saturated carbocycles. The molecule has 0 aliphatic heterocycles. The van der Waals surface area contributed by atoms with Crippen LogP contribution in [0.3, 0.4) is 0 Å². The van der Waals surface area contributed by atoms with Crippen molar-refractivity contribution in [3.05, 3.63) is 36.4 Å². The minimum atomic E-state index is -3.59. The molecule has 0 heterocycles. The first-order valence-electron chi connectivity index (χ1n) is 3.21. The van der Waals surface area contributed by atoms with Crippen LogP contribution in [0.25, 0.3) is 6.08 Å². The monoisotopic (exact) mass is 238 g/mol. The maximum absolute atomic E-state index is 10.8. The van der Waals surface area contributed by atoms with Gasteiger partial charge >= 0.3 is 0 Å². The molecule has 0 saturated heterocycles. The zero-order valence-electron chi connectivity index (χ0n) is 7.20. The Morgan fingerprint density at radius 3 is 1.86 bits per heavy atom. The summed E-state index contributed by atoms with van der Waals surface area (Å²) in [6.07, 6.45) is 1.63. The summed E-state index contributed by atoms with van der Waals surface area (Å²) in [6, 6.07) is 6.17. The lowest BCUT2D eigenvalue weighted by molar-refractivity contribution is 0.609. The zero-order chi connectivity index (χ0) is 9.19. The molecule has 6 heteroatoms. The maximum Gasteiger partial charge on any atom is 0.261 e. The summed E-state index contributed by atoms with van der Waals surface area (Å²) in [5.74, 6) is 0. The van der Waals surface area contributed by atoms with Gasteiger partial charge in [-0.25, -0.2) is 8.42 Å². The highest BCUT2D eigenvalue weighted by Gasteiger charge is 2.07. The largest absolute Gasteiger partial charge is 0.412 e. The standard InChI is InChI=1S/C8H7ClO2S.2H2O/c1-2-7-3-5-8(6-4-7)12(9,10)11;;/h2-6H,1H2;2*1H2. The van der Waals surface area contributed by atoms with Crippen LogP contribution in [0.1, 0.15) is 5.56 Å². The molecule has 0 spiro atoms. The first kappa shape index (κ1) is 15.6. The summed E-state index contributed by atoms with van der Waals surface area (Å²) in [4.78, 5) is 0.106. The molecule has 1 aromatic rings. The van der Waals surface area contributed by atoms with Gasteiger partial charge in [0.25, 0.3) is 9.05 Å². The number of hydrogen-bond donors (Lipinski definition) is 0. The minimum absolute atomic E-state index is 0. The smallest absolute Gasteiger partial charge is 0.261 e. The molecule has 0 aliphatic rings. The van der Waals surface area contributed by atoms with Crippen LogP contribution >= 0.6 is 10.7 Å². The highest BCUT2D eigenvalue weighted by Crippen LogP contribution is 2.15. The van der Waals surface area contributed by atoms with Gasteiger partial charge in [0.1, 0.15) is 0 Å². The number of halogens is 1. The molecule has 80 valence electrons. The Kier molecular flexibility index (Phi) is 6.42.